The van der Waals surface area contributed by atoms with Gasteiger partial charge >= 0.3 is 0 Å². The van der Waals surface area contributed by atoms with E-state index in [9.17, 15) is 4.39 Å². The van der Waals surface area contributed by atoms with Gasteiger partial charge in [-0.15, -0.1) is 11.3 Å². The lowest BCUT2D eigenvalue weighted by Crippen LogP contribution is -2.43. The highest BCUT2D eigenvalue weighted by atomic mass is 32.1. The fourth-order valence-electron chi connectivity index (χ4n) is 3.74. The lowest BCUT2D eigenvalue weighted by atomic mass is 9.93. The Labute approximate surface area is 136 Å². The van der Waals surface area contributed by atoms with E-state index in [0.717, 1.165) is 25.9 Å². The van der Waals surface area contributed by atoms with Gasteiger partial charge in [0, 0.05) is 43.7 Å². The Morgan fingerprint density at radius 2 is 2.18 bits per heavy atom. The Bertz CT molecular complexity index is 434. The Morgan fingerprint density at radius 3 is 2.86 bits per heavy atom. The summed E-state index contributed by atoms with van der Waals surface area (Å²) in [5.74, 6) is 0. The van der Waals surface area contributed by atoms with Gasteiger partial charge in [0.2, 0.25) is 0 Å². The lowest BCUT2D eigenvalue weighted by molar-refractivity contribution is 0.0616. The number of likely N-dealkylation sites (tertiary alicyclic amines) is 1. The largest absolute Gasteiger partial charge is 0.381 e. The average Bonchev–Trinajstić information content (AvgIpc) is 3.16. The fraction of sp³-hybridized carbons (Fsp3) is 0.765. The number of ether oxygens (including phenoxy) is 1. The second-order valence-corrected chi connectivity index (χ2v) is 7.65. The number of thiophene rings is 1. The zero-order chi connectivity index (χ0) is 15.4. The lowest BCUT2D eigenvalue weighted by Gasteiger charge is -2.31. The number of alkyl halides is 1. The van der Waals surface area contributed by atoms with E-state index < -0.39 is 6.17 Å². The van der Waals surface area contributed by atoms with Gasteiger partial charge in [-0.3, -0.25) is 4.90 Å². The summed E-state index contributed by atoms with van der Waals surface area (Å²) in [6, 6.07) is 5.13. The minimum Gasteiger partial charge on any atom is -0.381 e. The van der Waals surface area contributed by atoms with Crippen molar-refractivity contribution in [1.29, 1.82) is 0 Å². The molecule has 1 aliphatic heterocycles. The van der Waals surface area contributed by atoms with Gasteiger partial charge in [0.05, 0.1) is 6.10 Å². The van der Waals surface area contributed by atoms with Crippen molar-refractivity contribution in [3.8, 4) is 0 Å². The van der Waals surface area contributed by atoms with E-state index in [0.29, 0.717) is 31.2 Å². The first-order valence-electron chi connectivity index (χ1n) is 8.41. The molecule has 2 heterocycles. The van der Waals surface area contributed by atoms with E-state index in [-0.39, 0.29) is 0 Å². The van der Waals surface area contributed by atoms with E-state index in [1.54, 1.807) is 18.4 Å². The van der Waals surface area contributed by atoms with Crippen LogP contribution in [0.25, 0.3) is 0 Å². The molecule has 2 atom stereocenters. The molecule has 1 aromatic heterocycles. The molecule has 0 radical (unpaired) electrons. The Hall–Kier alpha value is -0.490. The number of halogens is 1. The number of hydrogen-bond donors (Lipinski definition) is 1. The standard InChI is InChI=1S/C17H27FN2OS/c1-21-16-6-4-14(5-7-16)19-10-15-9-13(18)11-20(15)12-17-3-2-8-22-17/h2-3,8,13-16,19H,4-7,9-12H2,1H3/t13-,14?,15-,16?/m0/s1. The fourth-order valence-corrected chi connectivity index (χ4v) is 4.47. The maximum Gasteiger partial charge on any atom is 0.114 e. The van der Waals surface area contributed by atoms with E-state index in [1.807, 2.05) is 0 Å². The van der Waals surface area contributed by atoms with Crippen molar-refractivity contribution in [2.45, 2.75) is 63.0 Å². The molecule has 0 bridgehead atoms. The first-order chi connectivity index (χ1) is 10.7. The first kappa shape index (κ1) is 16.4. The second-order valence-electron chi connectivity index (χ2n) is 6.61. The monoisotopic (exact) mass is 326 g/mol. The van der Waals surface area contributed by atoms with Gasteiger partial charge in [0.15, 0.2) is 0 Å². The van der Waals surface area contributed by atoms with E-state index in [2.05, 4.69) is 27.7 Å². The summed E-state index contributed by atoms with van der Waals surface area (Å²) in [7, 11) is 1.81. The first-order valence-corrected chi connectivity index (χ1v) is 9.29. The molecule has 0 unspecified atom stereocenters. The van der Waals surface area contributed by atoms with Gasteiger partial charge in [0.25, 0.3) is 0 Å². The predicted octanol–water partition coefficient (Wildman–Crippen LogP) is 3.21. The predicted molar refractivity (Wildman–Crippen MR) is 89.1 cm³/mol. The van der Waals surface area contributed by atoms with Crippen molar-refractivity contribution < 1.29 is 9.13 Å². The van der Waals surface area contributed by atoms with E-state index in [1.165, 1.54) is 17.7 Å². The molecule has 3 nitrogen and oxygen atoms in total. The number of rotatable bonds is 6. The van der Waals surface area contributed by atoms with Crippen molar-refractivity contribution in [1.82, 2.24) is 10.2 Å². The van der Waals surface area contributed by atoms with Crippen molar-refractivity contribution in [3.05, 3.63) is 22.4 Å². The Kier molecular flexibility index (Phi) is 5.85. The summed E-state index contributed by atoms with van der Waals surface area (Å²) in [4.78, 5) is 3.64. The van der Waals surface area contributed by atoms with Crippen LogP contribution in [0.1, 0.15) is 37.0 Å². The topological polar surface area (TPSA) is 24.5 Å². The molecule has 1 saturated heterocycles. The molecular weight excluding hydrogens is 299 g/mol. The van der Waals surface area contributed by atoms with Gasteiger partial charge in [-0.05, 0) is 43.6 Å². The molecule has 1 N–H and O–H groups in total. The van der Waals surface area contributed by atoms with Crippen LogP contribution in [-0.4, -0.2) is 49.5 Å². The van der Waals surface area contributed by atoms with Gasteiger partial charge in [-0.1, -0.05) is 6.07 Å². The molecule has 1 aliphatic carbocycles. The summed E-state index contributed by atoms with van der Waals surface area (Å²) < 4.78 is 19.3. The highest BCUT2D eigenvalue weighted by Crippen LogP contribution is 2.25. The quantitative estimate of drug-likeness (QED) is 0.869. The number of methoxy groups -OCH3 is 1. The third-order valence-corrected chi connectivity index (χ3v) is 5.93. The molecule has 124 valence electrons. The van der Waals surface area contributed by atoms with Crippen LogP contribution in [0.5, 0.6) is 0 Å². The van der Waals surface area contributed by atoms with E-state index in [4.69, 9.17) is 4.74 Å². The third-order valence-electron chi connectivity index (χ3n) is 5.07. The smallest absolute Gasteiger partial charge is 0.114 e. The number of nitrogens with zero attached hydrogens (tertiary/aromatic N) is 1. The van der Waals surface area contributed by atoms with Gasteiger partial charge in [-0.2, -0.15) is 0 Å². The molecule has 2 fully saturated rings. The minimum atomic E-state index is -0.670. The van der Waals surface area contributed by atoms with Crippen LogP contribution in [0.15, 0.2) is 17.5 Å². The van der Waals surface area contributed by atoms with Gasteiger partial charge in [-0.25, -0.2) is 4.39 Å². The van der Waals surface area contributed by atoms with Crippen LogP contribution in [0.2, 0.25) is 0 Å². The molecule has 0 amide bonds. The number of hydrogen-bond acceptors (Lipinski definition) is 4. The molecule has 3 rings (SSSR count). The van der Waals surface area contributed by atoms with Crippen LogP contribution < -0.4 is 5.32 Å². The molecule has 0 spiro atoms. The van der Waals surface area contributed by atoms with Crippen LogP contribution >= 0.6 is 11.3 Å². The van der Waals surface area contributed by atoms with Crippen molar-refractivity contribution >= 4 is 11.3 Å². The zero-order valence-electron chi connectivity index (χ0n) is 13.3. The van der Waals surface area contributed by atoms with Crippen LogP contribution in [0.4, 0.5) is 4.39 Å². The Balaban J connectivity index is 1.46. The van der Waals surface area contributed by atoms with E-state index >= 15 is 0 Å². The number of nitrogens with one attached hydrogen (secondary N) is 1. The normalized spacial score (nSPS) is 33.4. The minimum absolute atomic E-state index is 0.331. The molecule has 5 heteroatoms. The van der Waals surface area contributed by atoms with Crippen LogP contribution in [-0.2, 0) is 11.3 Å². The van der Waals surface area contributed by atoms with Crippen molar-refractivity contribution in [2.24, 2.45) is 0 Å². The molecule has 2 aliphatic rings. The summed E-state index contributed by atoms with van der Waals surface area (Å²) in [5, 5.41) is 5.77. The van der Waals surface area contributed by atoms with Crippen LogP contribution in [0.3, 0.4) is 0 Å². The summed E-state index contributed by atoms with van der Waals surface area (Å²) >= 11 is 1.76. The molecule has 1 saturated carbocycles. The maximum absolute atomic E-state index is 13.8. The van der Waals surface area contributed by atoms with Gasteiger partial charge < -0.3 is 10.1 Å². The van der Waals surface area contributed by atoms with Crippen molar-refractivity contribution in [3.63, 3.8) is 0 Å². The second kappa shape index (κ2) is 7.86. The summed E-state index contributed by atoms with van der Waals surface area (Å²) in [5.41, 5.74) is 0. The van der Waals surface area contributed by atoms with Gasteiger partial charge in [0.1, 0.15) is 6.17 Å². The average molecular weight is 326 g/mol. The zero-order valence-corrected chi connectivity index (χ0v) is 14.2. The molecule has 0 aromatic carbocycles. The van der Waals surface area contributed by atoms with Crippen molar-refractivity contribution in [2.75, 3.05) is 20.2 Å². The maximum atomic E-state index is 13.8. The highest BCUT2D eigenvalue weighted by Gasteiger charge is 2.32. The van der Waals surface area contributed by atoms with Crippen LogP contribution in [0, 0.1) is 0 Å². The SMILES string of the molecule is COC1CCC(NC[C@@H]2C[C@H](F)CN2Cc2cccs2)CC1. The molecular formula is C17H27FN2OS. The summed E-state index contributed by atoms with van der Waals surface area (Å²) in [6.07, 6.45) is 5.08. The summed E-state index contributed by atoms with van der Waals surface area (Å²) in [6.45, 7) is 2.38. The third kappa shape index (κ3) is 4.28. The highest BCUT2D eigenvalue weighted by molar-refractivity contribution is 7.09. The molecule has 22 heavy (non-hydrogen) atoms. The molecule has 1 aromatic rings. The Morgan fingerprint density at radius 1 is 1.36 bits per heavy atom.